The van der Waals surface area contributed by atoms with Crippen LogP contribution >= 0.6 is 0 Å². The van der Waals surface area contributed by atoms with Crippen LogP contribution in [0.3, 0.4) is 0 Å². The summed E-state index contributed by atoms with van der Waals surface area (Å²) < 4.78 is 23.1. The molecule has 0 atom stereocenters. The molecule has 0 aromatic heterocycles. The highest BCUT2D eigenvalue weighted by atomic mass is 32.2. The molecular formula is C9H6N2O2S. The standard InChI is InChI=1S/C9H6N2O2S/c10-6-9(7-11)14(12,13)8-4-2-1-3-5-8/h1-5,9H. The normalized spacial score (nSPS) is 10.5. The van der Waals surface area contributed by atoms with E-state index in [-0.39, 0.29) is 4.90 Å². The summed E-state index contributed by atoms with van der Waals surface area (Å²) in [4.78, 5) is -0.00639. The minimum Gasteiger partial charge on any atom is -0.221 e. The van der Waals surface area contributed by atoms with E-state index in [1.165, 1.54) is 24.3 Å². The average molecular weight is 206 g/mol. The van der Waals surface area contributed by atoms with Crippen LogP contribution in [0.2, 0.25) is 0 Å². The third-order valence-electron chi connectivity index (χ3n) is 1.62. The third kappa shape index (κ3) is 1.73. The van der Waals surface area contributed by atoms with Crippen molar-refractivity contribution in [3.05, 3.63) is 30.3 Å². The molecule has 70 valence electrons. The number of hydrogen-bond acceptors (Lipinski definition) is 4. The van der Waals surface area contributed by atoms with Crippen LogP contribution in [0.1, 0.15) is 0 Å². The maximum Gasteiger partial charge on any atom is 0.237 e. The Morgan fingerprint density at radius 1 is 1.07 bits per heavy atom. The van der Waals surface area contributed by atoms with Crippen molar-refractivity contribution in [2.24, 2.45) is 0 Å². The van der Waals surface area contributed by atoms with E-state index in [1.807, 2.05) is 0 Å². The summed E-state index contributed by atoms with van der Waals surface area (Å²) >= 11 is 0. The zero-order valence-corrected chi connectivity index (χ0v) is 7.90. The first kappa shape index (κ1) is 10.2. The van der Waals surface area contributed by atoms with Crippen LogP contribution in [-0.4, -0.2) is 13.7 Å². The Bertz CT molecular complexity index is 480. The number of hydrogen-bond donors (Lipinski definition) is 0. The Hall–Kier alpha value is -1.85. The van der Waals surface area contributed by atoms with Crippen molar-refractivity contribution in [2.75, 3.05) is 0 Å². The van der Waals surface area contributed by atoms with Crippen molar-refractivity contribution in [1.82, 2.24) is 0 Å². The second-order valence-corrected chi connectivity index (χ2v) is 4.53. The fraction of sp³-hybridized carbons (Fsp3) is 0.111. The van der Waals surface area contributed by atoms with Gasteiger partial charge in [-0.25, -0.2) is 8.42 Å². The molecule has 0 heterocycles. The van der Waals surface area contributed by atoms with Crippen molar-refractivity contribution in [2.45, 2.75) is 10.1 Å². The Morgan fingerprint density at radius 3 is 2.00 bits per heavy atom. The summed E-state index contributed by atoms with van der Waals surface area (Å²) in [6.45, 7) is 0. The lowest BCUT2D eigenvalue weighted by Gasteiger charge is -2.02. The van der Waals surface area contributed by atoms with Gasteiger partial charge in [0.05, 0.1) is 17.0 Å². The number of nitriles is 2. The third-order valence-corrected chi connectivity index (χ3v) is 3.38. The van der Waals surface area contributed by atoms with Crippen molar-refractivity contribution in [3.63, 3.8) is 0 Å². The van der Waals surface area contributed by atoms with Crippen LogP contribution in [0.5, 0.6) is 0 Å². The molecule has 0 bridgehead atoms. The quantitative estimate of drug-likeness (QED) is 0.719. The zero-order chi connectivity index (χ0) is 10.6. The summed E-state index contributed by atoms with van der Waals surface area (Å²) in [5.41, 5.74) is 0. The fourth-order valence-electron chi connectivity index (χ4n) is 0.914. The maximum absolute atomic E-state index is 11.5. The molecule has 1 rings (SSSR count). The molecule has 5 heteroatoms. The van der Waals surface area contributed by atoms with Gasteiger partial charge in [-0.15, -0.1) is 0 Å². The highest BCUT2D eigenvalue weighted by molar-refractivity contribution is 7.92. The van der Waals surface area contributed by atoms with Crippen LogP contribution in [0.15, 0.2) is 35.2 Å². The molecule has 0 unspecified atom stereocenters. The Morgan fingerprint density at radius 2 is 1.57 bits per heavy atom. The number of nitrogens with zero attached hydrogens (tertiary/aromatic N) is 2. The highest BCUT2D eigenvalue weighted by Gasteiger charge is 2.26. The van der Waals surface area contributed by atoms with Crippen LogP contribution < -0.4 is 0 Å². The van der Waals surface area contributed by atoms with E-state index in [1.54, 1.807) is 18.2 Å². The summed E-state index contributed by atoms with van der Waals surface area (Å²) in [6, 6.07) is 10.3. The monoisotopic (exact) mass is 206 g/mol. The van der Waals surface area contributed by atoms with Gasteiger partial charge >= 0.3 is 0 Å². The van der Waals surface area contributed by atoms with Crippen LogP contribution in [0.25, 0.3) is 0 Å². The molecule has 0 saturated heterocycles. The van der Waals surface area contributed by atoms with E-state index in [9.17, 15) is 8.42 Å². The SMILES string of the molecule is N#CC(C#N)S(=O)(=O)c1ccccc1. The van der Waals surface area contributed by atoms with Crippen molar-refractivity contribution >= 4 is 9.84 Å². The predicted octanol–water partition coefficient (Wildman–Crippen LogP) is 0.876. The van der Waals surface area contributed by atoms with Gasteiger partial charge in [0.1, 0.15) is 0 Å². The topological polar surface area (TPSA) is 81.7 Å². The minimum atomic E-state index is -3.82. The summed E-state index contributed by atoms with van der Waals surface area (Å²) in [5.74, 6) is 0. The molecule has 0 fully saturated rings. The first-order valence-corrected chi connectivity index (χ1v) is 5.25. The smallest absolute Gasteiger partial charge is 0.221 e. The van der Waals surface area contributed by atoms with Gasteiger partial charge in [-0.3, -0.25) is 0 Å². The molecule has 0 N–H and O–H groups in total. The summed E-state index contributed by atoms with van der Waals surface area (Å²) in [6.07, 6.45) is 0. The van der Waals surface area contributed by atoms with E-state index in [4.69, 9.17) is 10.5 Å². The van der Waals surface area contributed by atoms with Gasteiger partial charge in [-0.1, -0.05) is 18.2 Å². The Kier molecular flexibility index (Phi) is 2.85. The first-order valence-electron chi connectivity index (χ1n) is 3.71. The van der Waals surface area contributed by atoms with Gasteiger partial charge in [0.15, 0.2) is 0 Å². The number of rotatable bonds is 2. The minimum absolute atomic E-state index is 0.00639. The molecule has 0 aliphatic rings. The Balaban J connectivity index is 3.25. The van der Waals surface area contributed by atoms with Gasteiger partial charge < -0.3 is 0 Å². The fourth-order valence-corrected chi connectivity index (χ4v) is 2.00. The molecule has 4 nitrogen and oxygen atoms in total. The van der Waals surface area contributed by atoms with E-state index >= 15 is 0 Å². The lowest BCUT2D eigenvalue weighted by atomic mass is 10.4. The highest BCUT2D eigenvalue weighted by Crippen LogP contribution is 2.14. The van der Waals surface area contributed by atoms with Gasteiger partial charge in [-0.05, 0) is 12.1 Å². The number of benzene rings is 1. The van der Waals surface area contributed by atoms with E-state index < -0.39 is 15.1 Å². The van der Waals surface area contributed by atoms with Crippen molar-refractivity contribution in [3.8, 4) is 12.1 Å². The predicted molar refractivity (Wildman–Crippen MR) is 48.6 cm³/mol. The number of sulfone groups is 1. The Labute approximate surface area is 81.9 Å². The van der Waals surface area contributed by atoms with Gasteiger partial charge in [0.25, 0.3) is 0 Å². The van der Waals surface area contributed by atoms with E-state index in [0.29, 0.717) is 0 Å². The molecule has 0 radical (unpaired) electrons. The zero-order valence-electron chi connectivity index (χ0n) is 7.08. The maximum atomic E-state index is 11.5. The van der Waals surface area contributed by atoms with Crippen molar-refractivity contribution < 1.29 is 8.42 Å². The summed E-state index contributed by atoms with van der Waals surface area (Å²) in [7, 11) is -3.82. The van der Waals surface area contributed by atoms with Gasteiger partial charge in [0, 0.05) is 0 Å². The van der Waals surface area contributed by atoms with Gasteiger partial charge in [0.2, 0.25) is 15.1 Å². The molecule has 0 aliphatic heterocycles. The van der Waals surface area contributed by atoms with Gasteiger partial charge in [-0.2, -0.15) is 10.5 Å². The molecule has 1 aromatic carbocycles. The molecule has 0 amide bonds. The molecule has 0 aliphatic carbocycles. The molecular weight excluding hydrogens is 200 g/mol. The lowest BCUT2D eigenvalue weighted by Crippen LogP contribution is -2.17. The second kappa shape index (κ2) is 3.91. The molecule has 1 aromatic rings. The van der Waals surface area contributed by atoms with E-state index in [2.05, 4.69) is 0 Å². The van der Waals surface area contributed by atoms with Crippen LogP contribution in [-0.2, 0) is 9.84 Å². The molecule has 0 saturated carbocycles. The van der Waals surface area contributed by atoms with Crippen LogP contribution in [0, 0.1) is 22.7 Å². The summed E-state index contributed by atoms with van der Waals surface area (Å²) in [5, 5.41) is 15.3. The first-order chi connectivity index (χ1) is 6.62. The van der Waals surface area contributed by atoms with E-state index in [0.717, 1.165) is 0 Å². The largest absolute Gasteiger partial charge is 0.237 e. The lowest BCUT2D eigenvalue weighted by molar-refractivity contribution is 0.595. The molecule has 14 heavy (non-hydrogen) atoms. The molecule has 0 spiro atoms. The average Bonchev–Trinajstić information content (AvgIpc) is 2.20. The van der Waals surface area contributed by atoms with Crippen molar-refractivity contribution in [1.29, 1.82) is 10.5 Å². The second-order valence-electron chi connectivity index (χ2n) is 2.50. The van der Waals surface area contributed by atoms with Crippen LogP contribution in [0.4, 0.5) is 0 Å².